The fourth-order valence-corrected chi connectivity index (χ4v) is 3.12. The molecule has 0 saturated carbocycles. The van der Waals surface area contributed by atoms with Gasteiger partial charge in [0.25, 0.3) is 0 Å². The number of rotatable bonds is 10. The van der Waals surface area contributed by atoms with Gasteiger partial charge < -0.3 is 18.9 Å². The Balaban J connectivity index is 7.14. The number of hydrogen-bond donors (Lipinski definition) is 0. The van der Waals surface area contributed by atoms with Gasteiger partial charge in [-0.3, -0.25) is 19.2 Å². The summed E-state index contributed by atoms with van der Waals surface area (Å²) in [6, 6.07) is 1.75. The molecule has 0 aromatic rings. The van der Waals surface area contributed by atoms with E-state index >= 15 is 0 Å². The Morgan fingerprint density at radius 2 is 1.05 bits per heavy atom. The molecule has 12 nitrogen and oxygen atoms in total. The lowest BCUT2D eigenvalue weighted by Gasteiger charge is -2.36. The second-order valence-corrected chi connectivity index (χ2v) is 15.3. The predicted molar refractivity (Wildman–Crippen MR) is 145 cm³/mol. The van der Waals surface area contributed by atoms with Gasteiger partial charge in [-0.15, -0.1) is 0 Å². The maximum atomic E-state index is 13.1. The maximum absolute atomic E-state index is 13.1. The van der Waals surface area contributed by atoms with Gasteiger partial charge in [-0.25, -0.2) is 8.39 Å². The van der Waals surface area contributed by atoms with E-state index in [4.69, 9.17) is 23.1 Å². The van der Waals surface area contributed by atoms with Crippen molar-refractivity contribution in [2.45, 2.75) is 108 Å². The normalized spacial score (nSPS) is 17.2. The number of carbonyl (C=O) groups is 4. The van der Waals surface area contributed by atoms with Crippen LogP contribution in [0.5, 0.6) is 0 Å². The topological polar surface area (TPSA) is 177 Å². The fraction of sp³-hybridized carbons (Fsp3) is 0.815. The lowest BCUT2D eigenvalue weighted by Crippen LogP contribution is -2.55. The molecule has 13 heteroatoms. The van der Waals surface area contributed by atoms with Crippen LogP contribution in [0.3, 0.4) is 0 Å². The molecule has 0 aromatic heterocycles. The highest BCUT2D eigenvalue weighted by molar-refractivity contribution is 7.86. The van der Waals surface area contributed by atoms with Gasteiger partial charge in [-0.1, -0.05) is 0 Å². The zero-order chi connectivity index (χ0) is 32.1. The minimum Gasteiger partial charge on any atom is -0.462 e. The average Bonchev–Trinajstić information content (AvgIpc) is 2.73. The Morgan fingerprint density at radius 3 is 1.38 bits per heavy atom. The quantitative estimate of drug-likeness (QED) is 0.157. The van der Waals surface area contributed by atoms with Crippen molar-refractivity contribution in [3.63, 3.8) is 0 Å². The summed E-state index contributed by atoms with van der Waals surface area (Å²) in [6.07, 6.45) is -6.45. The third-order valence-electron chi connectivity index (χ3n) is 4.97. The summed E-state index contributed by atoms with van der Waals surface area (Å²) in [4.78, 5) is 51.4. The van der Waals surface area contributed by atoms with Crippen molar-refractivity contribution in [3.05, 3.63) is 0 Å². The first-order valence-corrected chi connectivity index (χ1v) is 14.6. The molecule has 0 saturated heterocycles. The van der Waals surface area contributed by atoms with E-state index in [0.29, 0.717) is 0 Å². The molecular weight excluding hydrogens is 546 g/mol. The van der Waals surface area contributed by atoms with Gasteiger partial charge in [0.05, 0.1) is 21.7 Å². The molecule has 5 unspecified atom stereocenters. The Hall–Kier alpha value is -2.72. The predicted octanol–water partition coefficient (Wildman–Crippen LogP) is 3.47. The number of carbonyl (C=O) groups excluding carboxylic acids is 4. The Bertz CT molecular complexity index is 1080. The van der Waals surface area contributed by atoms with Gasteiger partial charge in [0.2, 0.25) is 6.10 Å². The minimum absolute atomic E-state index is 0.721. The van der Waals surface area contributed by atoms with Crippen LogP contribution in [0.15, 0.2) is 0 Å². The summed E-state index contributed by atoms with van der Waals surface area (Å²) < 4.78 is 49.7. The van der Waals surface area contributed by atoms with E-state index in [9.17, 15) is 32.9 Å². The van der Waals surface area contributed by atoms with Crippen molar-refractivity contribution >= 4 is 34.0 Å². The third-order valence-corrected chi connectivity index (χ3v) is 5.57. The van der Waals surface area contributed by atoms with E-state index in [1.54, 1.807) is 26.8 Å². The summed E-state index contributed by atoms with van der Waals surface area (Å²) in [5, 5.41) is 10.0. The summed E-state index contributed by atoms with van der Waals surface area (Å²) in [5.74, 6) is -3.30. The molecule has 0 heterocycles. The van der Waals surface area contributed by atoms with Crippen molar-refractivity contribution in [3.8, 4) is 6.07 Å². The molecule has 0 bridgehead atoms. The van der Waals surface area contributed by atoms with E-state index in [0.717, 1.165) is 6.26 Å². The van der Waals surface area contributed by atoms with Gasteiger partial charge >= 0.3 is 34.0 Å². The smallest absolute Gasteiger partial charge is 0.402 e. The van der Waals surface area contributed by atoms with Crippen molar-refractivity contribution in [2.24, 2.45) is 21.7 Å². The van der Waals surface area contributed by atoms with Gasteiger partial charge in [0, 0.05) is 0 Å². The van der Waals surface area contributed by atoms with Crippen LogP contribution < -0.4 is 0 Å². The zero-order valence-electron chi connectivity index (χ0n) is 25.9. The largest absolute Gasteiger partial charge is 0.462 e. The van der Waals surface area contributed by atoms with Crippen LogP contribution in [0, 0.1) is 33.0 Å². The van der Waals surface area contributed by atoms with E-state index in [-0.39, 0.29) is 0 Å². The Kier molecular flexibility index (Phi) is 12.4. The molecule has 0 radical (unpaired) electrons. The Morgan fingerprint density at radius 1 is 0.700 bits per heavy atom. The van der Waals surface area contributed by atoms with Gasteiger partial charge in [-0.2, -0.15) is 9.47 Å². The standard InChI is InChI=1S/C27H45NO11S/c1-24(2,3)20(29)35-15-17(39-40(13,33)34)19(38-23(32)27(10,11)12)18(37-22(31)26(7,8)9)16(14-28)36-21(30)25(4,5)6/h16-19H,15H2,1-13H3/p+1. The highest BCUT2D eigenvalue weighted by Crippen LogP contribution is 2.28. The molecular formula is C27H46NO11S+. The Labute approximate surface area is 238 Å². The minimum atomic E-state index is -4.06. The molecule has 0 amide bonds. The maximum Gasteiger partial charge on any atom is 0.402 e. The van der Waals surface area contributed by atoms with E-state index in [2.05, 4.69) is 0 Å². The van der Waals surface area contributed by atoms with Crippen LogP contribution >= 0.6 is 0 Å². The summed E-state index contributed by atoms with van der Waals surface area (Å²) >= 11 is 0. The molecule has 0 aliphatic rings. The van der Waals surface area contributed by atoms with Crippen molar-refractivity contribution in [1.29, 1.82) is 5.26 Å². The number of hydrogen-bond acceptors (Lipinski definition) is 11. The lowest BCUT2D eigenvalue weighted by atomic mass is 9.94. The molecule has 0 fully saturated rings. The molecule has 1 N–H and O–H groups in total. The average molecular weight is 593 g/mol. The molecule has 0 aliphatic carbocycles. The number of nitriles is 1. The number of ether oxygens (including phenoxy) is 4. The highest BCUT2D eigenvalue weighted by Gasteiger charge is 2.48. The first kappa shape index (κ1) is 37.3. The van der Waals surface area contributed by atoms with Gasteiger partial charge in [-0.05, 0) is 83.1 Å². The van der Waals surface area contributed by atoms with Crippen molar-refractivity contribution in [2.75, 3.05) is 12.9 Å². The first-order chi connectivity index (χ1) is 17.6. The number of nitrogens with zero attached hydrogens (tertiary/aromatic N) is 1. The summed E-state index contributed by atoms with van der Waals surface area (Å²) in [6.45, 7) is 17.7. The summed E-state index contributed by atoms with van der Waals surface area (Å²) in [5.41, 5.74) is -4.33. The van der Waals surface area contributed by atoms with Crippen LogP contribution in [-0.4, -0.2) is 69.6 Å². The van der Waals surface area contributed by atoms with Gasteiger partial charge in [0.1, 0.15) is 18.9 Å². The lowest BCUT2D eigenvalue weighted by molar-refractivity contribution is -0.201. The molecule has 0 aromatic carbocycles. The molecule has 0 spiro atoms. The SMILES string of the molecule is CC(C)(C)C(=O)OCC(OS(C)(=O)=[OH+])C(OC(=O)C(C)(C)C)C(OC(=O)C(C)(C)C)C(C#N)OC(=O)C(C)(C)C. The molecule has 40 heavy (non-hydrogen) atoms. The van der Waals surface area contributed by atoms with Crippen LogP contribution in [-0.2, 0) is 52.4 Å². The van der Waals surface area contributed by atoms with Crippen LogP contribution in [0.2, 0.25) is 0 Å². The molecule has 5 atom stereocenters. The second kappa shape index (κ2) is 13.3. The van der Waals surface area contributed by atoms with E-state index in [1.807, 2.05) is 0 Å². The summed E-state index contributed by atoms with van der Waals surface area (Å²) in [7, 11) is -4.06. The van der Waals surface area contributed by atoms with Crippen molar-refractivity contribution in [1.82, 2.24) is 0 Å². The van der Waals surface area contributed by atoms with Crippen LogP contribution in [0.1, 0.15) is 83.1 Å². The number of esters is 4. The van der Waals surface area contributed by atoms with Gasteiger partial charge in [0.15, 0.2) is 18.3 Å². The fourth-order valence-electron chi connectivity index (χ4n) is 2.50. The van der Waals surface area contributed by atoms with Crippen molar-refractivity contribution < 1.29 is 50.7 Å². The van der Waals surface area contributed by atoms with E-state index < -0.39 is 86.7 Å². The highest BCUT2D eigenvalue weighted by atomic mass is 32.2. The molecule has 0 aliphatic heterocycles. The zero-order valence-corrected chi connectivity index (χ0v) is 26.7. The van der Waals surface area contributed by atoms with Crippen LogP contribution in [0.4, 0.5) is 0 Å². The van der Waals surface area contributed by atoms with Crippen LogP contribution in [0.25, 0.3) is 0 Å². The monoisotopic (exact) mass is 592 g/mol. The first-order valence-electron chi connectivity index (χ1n) is 12.7. The third kappa shape index (κ3) is 12.6. The second-order valence-electron chi connectivity index (χ2n) is 13.7. The van der Waals surface area contributed by atoms with E-state index in [1.165, 1.54) is 62.3 Å². The molecule has 230 valence electrons. The molecule has 0 rings (SSSR count).